The minimum Gasteiger partial charge on any atom is -0.354 e. The average Bonchev–Trinajstić information content (AvgIpc) is 2.68. The highest BCUT2D eigenvalue weighted by atomic mass is 16.2. The van der Waals surface area contributed by atoms with Crippen LogP contribution in [0, 0.1) is 20.8 Å². The van der Waals surface area contributed by atoms with Gasteiger partial charge in [-0.05, 0) is 56.4 Å². The number of benzene rings is 2. The highest BCUT2D eigenvalue weighted by molar-refractivity contribution is 5.88. The number of nitrogens with zero attached hydrogens (tertiary/aromatic N) is 1. The molecule has 0 spiro atoms. The van der Waals surface area contributed by atoms with Gasteiger partial charge in [-0.2, -0.15) is 0 Å². The van der Waals surface area contributed by atoms with Crippen molar-refractivity contribution in [3.05, 3.63) is 70.3 Å². The van der Waals surface area contributed by atoms with Gasteiger partial charge in [0.05, 0.1) is 6.42 Å². The molecule has 4 nitrogen and oxygen atoms in total. The number of carbonyl (C=O) groups excluding carboxylic acids is 2. The zero-order valence-corrected chi connectivity index (χ0v) is 18.4. The first-order chi connectivity index (χ1) is 13.8. The number of aryl methyl sites for hydroxylation is 3. The monoisotopic (exact) mass is 394 g/mol. The van der Waals surface area contributed by atoms with Gasteiger partial charge >= 0.3 is 0 Å². The van der Waals surface area contributed by atoms with Gasteiger partial charge < -0.3 is 10.2 Å². The Kier molecular flexibility index (Phi) is 8.44. The molecule has 1 atom stereocenters. The molecule has 0 heterocycles. The lowest BCUT2D eigenvalue weighted by molar-refractivity contribution is -0.140. The van der Waals surface area contributed by atoms with Crippen LogP contribution in [0.3, 0.4) is 0 Å². The van der Waals surface area contributed by atoms with E-state index < -0.39 is 6.04 Å². The number of hydrogen-bond acceptors (Lipinski definition) is 2. The summed E-state index contributed by atoms with van der Waals surface area (Å²) in [7, 11) is 0. The molecule has 2 rings (SSSR count). The van der Waals surface area contributed by atoms with Crippen LogP contribution in [-0.2, 0) is 22.6 Å². The smallest absolute Gasteiger partial charge is 0.242 e. The Morgan fingerprint density at radius 2 is 1.76 bits per heavy atom. The zero-order valence-electron chi connectivity index (χ0n) is 18.4. The third kappa shape index (κ3) is 6.74. The molecule has 0 unspecified atom stereocenters. The molecule has 0 radical (unpaired) electrons. The lowest BCUT2D eigenvalue weighted by Crippen LogP contribution is -2.48. The van der Waals surface area contributed by atoms with Gasteiger partial charge in [0.25, 0.3) is 0 Å². The lowest BCUT2D eigenvalue weighted by atomic mass is 10.0. The van der Waals surface area contributed by atoms with E-state index in [1.165, 1.54) is 11.1 Å². The van der Waals surface area contributed by atoms with E-state index >= 15 is 0 Å². The predicted octanol–water partition coefficient (Wildman–Crippen LogP) is 4.49. The van der Waals surface area contributed by atoms with Crippen molar-refractivity contribution in [3.8, 4) is 0 Å². The number of nitrogens with one attached hydrogen (secondary N) is 1. The molecule has 0 aliphatic rings. The van der Waals surface area contributed by atoms with Gasteiger partial charge in [0, 0.05) is 13.1 Å². The van der Waals surface area contributed by atoms with E-state index in [-0.39, 0.29) is 11.8 Å². The molecule has 4 heteroatoms. The van der Waals surface area contributed by atoms with Crippen LogP contribution in [0.25, 0.3) is 0 Å². The molecule has 29 heavy (non-hydrogen) atoms. The van der Waals surface area contributed by atoms with E-state index in [1.54, 1.807) is 4.90 Å². The summed E-state index contributed by atoms with van der Waals surface area (Å²) in [6, 6.07) is 13.7. The fourth-order valence-corrected chi connectivity index (χ4v) is 3.32. The molecule has 0 fully saturated rings. The molecule has 1 N–H and O–H groups in total. The Morgan fingerprint density at radius 3 is 2.41 bits per heavy atom. The molecule has 0 saturated heterocycles. The van der Waals surface area contributed by atoms with E-state index in [0.717, 1.165) is 29.5 Å². The standard InChI is InChI=1S/C25H34N2O2/c1-6-7-13-26-25(29)21(5)27(17-23-10-8-9-18(2)14-23)24(28)16-22-12-11-19(3)20(4)15-22/h8-12,14-15,21H,6-7,13,16-17H2,1-5H3,(H,26,29)/t21-/m1/s1. The quantitative estimate of drug-likeness (QED) is 0.637. The van der Waals surface area contributed by atoms with E-state index in [2.05, 4.69) is 38.2 Å². The molecule has 0 aliphatic heterocycles. The number of amides is 2. The van der Waals surface area contributed by atoms with Gasteiger partial charge in [0.2, 0.25) is 11.8 Å². The highest BCUT2D eigenvalue weighted by Crippen LogP contribution is 2.15. The van der Waals surface area contributed by atoms with E-state index in [1.807, 2.05) is 44.2 Å². The van der Waals surface area contributed by atoms with Crippen LogP contribution in [0.2, 0.25) is 0 Å². The van der Waals surface area contributed by atoms with Crippen LogP contribution in [0.1, 0.15) is 54.5 Å². The molecule has 2 aromatic rings. The number of rotatable bonds is 9. The molecule has 156 valence electrons. The van der Waals surface area contributed by atoms with Gasteiger partial charge in [-0.3, -0.25) is 9.59 Å². The maximum Gasteiger partial charge on any atom is 0.242 e. The summed E-state index contributed by atoms with van der Waals surface area (Å²) >= 11 is 0. The summed E-state index contributed by atoms with van der Waals surface area (Å²) in [5, 5.41) is 2.96. The van der Waals surface area contributed by atoms with Crippen LogP contribution in [0.5, 0.6) is 0 Å². The second-order valence-electron chi connectivity index (χ2n) is 7.93. The summed E-state index contributed by atoms with van der Waals surface area (Å²) in [5.74, 6) is -0.132. The normalized spacial score (nSPS) is 11.8. The second kappa shape index (κ2) is 10.8. The average molecular weight is 395 g/mol. The van der Waals surface area contributed by atoms with Crippen molar-refractivity contribution < 1.29 is 9.59 Å². The van der Waals surface area contributed by atoms with Gasteiger partial charge in [-0.15, -0.1) is 0 Å². The number of hydrogen-bond donors (Lipinski definition) is 1. The highest BCUT2D eigenvalue weighted by Gasteiger charge is 2.26. The maximum atomic E-state index is 13.2. The summed E-state index contributed by atoms with van der Waals surface area (Å²) in [6.07, 6.45) is 2.25. The van der Waals surface area contributed by atoms with E-state index in [4.69, 9.17) is 0 Å². The van der Waals surface area contributed by atoms with E-state index in [0.29, 0.717) is 19.5 Å². The van der Waals surface area contributed by atoms with Gasteiger partial charge in [-0.25, -0.2) is 0 Å². The molecular weight excluding hydrogens is 360 g/mol. The lowest BCUT2D eigenvalue weighted by Gasteiger charge is -2.29. The summed E-state index contributed by atoms with van der Waals surface area (Å²) in [6.45, 7) is 11.1. The van der Waals surface area contributed by atoms with Crippen LogP contribution in [0.4, 0.5) is 0 Å². The fraction of sp³-hybridized carbons (Fsp3) is 0.440. The van der Waals surface area contributed by atoms with Crippen molar-refractivity contribution in [1.82, 2.24) is 10.2 Å². The van der Waals surface area contributed by atoms with Crippen molar-refractivity contribution in [2.45, 2.75) is 66.5 Å². The Labute approximate surface area is 175 Å². The molecule has 0 bridgehead atoms. The Balaban J connectivity index is 2.20. The fourth-order valence-electron chi connectivity index (χ4n) is 3.32. The topological polar surface area (TPSA) is 49.4 Å². The van der Waals surface area contributed by atoms with Crippen molar-refractivity contribution in [1.29, 1.82) is 0 Å². The van der Waals surface area contributed by atoms with Gasteiger partial charge in [-0.1, -0.05) is 61.4 Å². The first kappa shape index (κ1) is 22.7. The summed E-state index contributed by atoms with van der Waals surface area (Å²) in [4.78, 5) is 27.6. The van der Waals surface area contributed by atoms with Crippen molar-refractivity contribution in [2.24, 2.45) is 0 Å². The first-order valence-corrected chi connectivity index (χ1v) is 10.5. The van der Waals surface area contributed by atoms with Gasteiger partial charge in [0.1, 0.15) is 6.04 Å². The molecule has 2 aromatic carbocycles. The molecule has 0 saturated carbocycles. The largest absolute Gasteiger partial charge is 0.354 e. The number of unbranched alkanes of at least 4 members (excludes halogenated alkanes) is 1. The van der Waals surface area contributed by atoms with Gasteiger partial charge in [0.15, 0.2) is 0 Å². The second-order valence-corrected chi connectivity index (χ2v) is 7.93. The van der Waals surface area contributed by atoms with Crippen molar-refractivity contribution in [3.63, 3.8) is 0 Å². The summed E-state index contributed by atoms with van der Waals surface area (Å²) < 4.78 is 0. The Hall–Kier alpha value is -2.62. The minimum absolute atomic E-state index is 0.0344. The number of carbonyl (C=O) groups is 2. The first-order valence-electron chi connectivity index (χ1n) is 10.5. The molecule has 2 amide bonds. The zero-order chi connectivity index (χ0) is 21.4. The summed E-state index contributed by atoms with van der Waals surface area (Å²) in [5.41, 5.74) is 5.54. The minimum atomic E-state index is -0.522. The third-order valence-electron chi connectivity index (χ3n) is 5.36. The third-order valence-corrected chi connectivity index (χ3v) is 5.36. The molecular formula is C25H34N2O2. The van der Waals surface area contributed by atoms with Crippen LogP contribution < -0.4 is 5.32 Å². The van der Waals surface area contributed by atoms with Crippen LogP contribution in [-0.4, -0.2) is 29.3 Å². The SMILES string of the molecule is CCCCNC(=O)[C@@H](C)N(Cc1cccc(C)c1)C(=O)Cc1ccc(C)c(C)c1. The molecule has 0 aromatic heterocycles. The predicted molar refractivity (Wildman–Crippen MR) is 119 cm³/mol. The molecule has 0 aliphatic carbocycles. The Morgan fingerprint density at radius 1 is 1.00 bits per heavy atom. The van der Waals surface area contributed by atoms with Crippen LogP contribution in [0.15, 0.2) is 42.5 Å². The van der Waals surface area contributed by atoms with Crippen LogP contribution >= 0.6 is 0 Å². The van der Waals surface area contributed by atoms with Crippen molar-refractivity contribution >= 4 is 11.8 Å². The Bertz CT molecular complexity index is 844. The van der Waals surface area contributed by atoms with Crippen molar-refractivity contribution in [2.75, 3.05) is 6.54 Å². The maximum absolute atomic E-state index is 13.2. The van der Waals surface area contributed by atoms with E-state index in [9.17, 15) is 9.59 Å².